The minimum absolute atomic E-state index is 0.593. The van der Waals surface area contributed by atoms with Gasteiger partial charge in [0.2, 0.25) is 0 Å². The molecular weight excluding hydrogens is 210 g/mol. The Bertz CT molecular complexity index is 535. The summed E-state index contributed by atoms with van der Waals surface area (Å²) in [4.78, 5) is 0. The highest BCUT2D eigenvalue weighted by Crippen LogP contribution is 2.35. The van der Waals surface area contributed by atoms with Crippen molar-refractivity contribution in [1.29, 1.82) is 0 Å². The summed E-state index contributed by atoms with van der Waals surface area (Å²) in [6, 6.07) is 4.47. The van der Waals surface area contributed by atoms with Gasteiger partial charge >= 0.3 is 0 Å². The van der Waals surface area contributed by atoms with E-state index in [-0.39, 0.29) is 0 Å². The zero-order valence-corrected chi connectivity index (χ0v) is 10.5. The van der Waals surface area contributed by atoms with E-state index in [1.54, 1.807) is 0 Å². The summed E-state index contributed by atoms with van der Waals surface area (Å²) < 4.78 is 5.86. The van der Waals surface area contributed by atoms with E-state index in [0.29, 0.717) is 5.92 Å². The third-order valence-corrected chi connectivity index (χ3v) is 3.78. The monoisotopic (exact) mass is 229 g/mol. The zero-order valence-electron chi connectivity index (χ0n) is 10.5. The Labute approximate surface area is 102 Å². The summed E-state index contributed by atoms with van der Waals surface area (Å²) in [5.74, 6) is 1.80. The van der Waals surface area contributed by atoms with Crippen molar-refractivity contribution in [3.05, 3.63) is 35.3 Å². The lowest BCUT2D eigenvalue weighted by molar-refractivity contribution is 0.389. The van der Waals surface area contributed by atoms with Gasteiger partial charge in [0.1, 0.15) is 5.76 Å². The smallest absolute Gasteiger partial charge is 0.115 e. The lowest BCUT2D eigenvalue weighted by Gasteiger charge is -2.21. The van der Waals surface area contributed by atoms with Crippen molar-refractivity contribution in [3.8, 4) is 0 Å². The van der Waals surface area contributed by atoms with Crippen molar-refractivity contribution >= 4 is 10.8 Å². The van der Waals surface area contributed by atoms with Crippen molar-refractivity contribution < 1.29 is 4.42 Å². The Morgan fingerprint density at radius 2 is 1.94 bits per heavy atom. The molecule has 0 radical (unpaired) electrons. The van der Waals surface area contributed by atoms with Crippen LogP contribution in [0, 0.1) is 13.8 Å². The number of fused-ring (bicyclic) bond motifs is 1. The Kier molecular flexibility index (Phi) is 2.67. The van der Waals surface area contributed by atoms with Gasteiger partial charge < -0.3 is 9.73 Å². The fraction of sp³-hybridized carbons (Fsp3) is 0.467. The van der Waals surface area contributed by atoms with Crippen LogP contribution in [0.3, 0.4) is 0 Å². The third kappa shape index (κ3) is 1.87. The first-order valence-corrected chi connectivity index (χ1v) is 6.45. The predicted octanol–water partition coefficient (Wildman–Crippen LogP) is 3.52. The fourth-order valence-electron chi connectivity index (χ4n) is 3.00. The molecule has 0 amide bonds. The van der Waals surface area contributed by atoms with Gasteiger partial charge in [0.25, 0.3) is 0 Å². The van der Waals surface area contributed by atoms with Crippen molar-refractivity contribution in [1.82, 2.24) is 5.32 Å². The lowest BCUT2D eigenvalue weighted by Crippen LogP contribution is -2.26. The van der Waals surface area contributed by atoms with Gasteiger partial charge in [-0.05, 0) is 51.4 Å². The summed E-state index contributed by atoms with van der Waals surface area (Å²) in [5, 5.41) is 6.02. The van der Waals surface area contributed by atoms with Crippen molar-refractivity contribution in [2.24, 2.45) is 0 Å². The van der Waals surface area contributed by atoms with E-state index in [9.17, 15) is 0 Å². The van der Waals surface area contributed by atoms with Crippen LogP contribution >= 0.6 is 0 Å². The molecule has 1 saturated heterocycles. The summed E-state index contributed by atoms with van der Waals surface area (Å²) in [7, 11) is 0. The predicted molar refractivity (Wildman–Crippen MR) is 70.5 cm³/mol. The van der Waals surface area contributed by atoms with Gasteiger partial charge in [-0.2, -0.15) is 0 Å². The molecule has 1 aromatic carbocycles. The highest BCUT2D eigenvalue weighted by atomic mass is 16.3. The first-order chi connectivity index (χ1) is 8.25. The van der Waals surface area contributed by atoms with Crippen LogP contribution in [0.1, 0.15) is 35.6 Å². The highest BCUT2D eigenvalue weighted by Gasteiger charge is 2.21. The maximum Gasteiger partial charge on any atom is 0.115 e. The van der Waals surface area contributed by atoms with Crippen LogP contribution < -0.4 is 5.32 Å². The second-order valence-electron chi connectivity index (χ2n) is 5.17. The number of rotatable bonds is 1. The van der Waals surface area contributed by atoms with Crippen molar-refractivity contribution in [2.75, 3.05) is 13.1 Å². The van der Waals surface area contributed by atoms with Crippen LogP contribution in [0.15, 0.2) is 22.8 Å². The first kappa shape index (κ1) is 10.8. The SMILES string of the molecule is Cc1cc(C)c2c(C3CCNCC3)occ2c1. The standard InChI is InChI=1S/C15H19NO/c1-10-7-11(2)14-13(8-10)9-17-15(14)12-3-5-16-6-4-12/h7-9,12,16H,3-6H2,1-2H3. The highest BCUT2D eigenvalue weighted by molar-refractivity contribution is 5.88. The second-order valence-corrected chi connectivity index (χ2v) is 5.17. The van der Waals surface area contributed by atoms with Gasteiger partial charge in [0, 0.05) is 16.7 Å². The number of hydrogen-bond donors (Lipinski definition) is 1. The molecule has 0 bridgehead atoms. The maximum absolute atomic E-state index is 5.86. The van der Waals surface area contributed by atoms with Gasteiger partial charge in [0.05, 0.1) is 6.26 Å². The second kappa shape index (κ2) is 4.19. The molecule has 90 valence electrons. The minimum Gasteiger partial charge on any atom is -0.468 e. The molecule has 1 aliphatic rings. The van der Waals surface area contributed by atoms with Crippen LogP contribution in [0.25, 0.3) is 10.8 Å². The van der Waals surface area contributed by atoms with Gasteiger partial charge in [-0.3, -0.25) is 0 Å². The molecule has 2 heteroatoms. The molecule has 1 aliphatic heterocycles. The molecule has 2 nitrogen and oxygen atoms in total. The van der Waals surface area contributed by atoms with Crippen LogP contribution in [-0.4, -0.2) is 13.1 Å². The molecule has 0 spiro atoms. The van der Waals surface area contributed by atoms with E-state index >= 15 is 0 Å². The molecular formula is C15H19NO. The average Bonchev–Trinajstić information content (AvgIpc) is 2.74. The number of hydrogen-bond acceptors (Lipinski definition) is 2. The molecule has 1 N–H and O–H groups in total. The van der Waals surface area contributed by atoms with E-state index in [0.717, 1.165) is 13.1 Å². The zero-order chi connectivity index (χ0) is 11.8. The van der Waals surface area contributed by atoms with E-state index in [4.69, 9.17) is 4.42 Å². The molecule has 0 atom stereocenters. The summed E-state index contributed by atoms with van der Waals surface area (Å²) in [6.45, 7) is 6.55. The molecule has 0 unspecified atom stereocenters. The summed E-state index contributed by atoms with van der Waals surface area (Å²) in [6.07, 6.45) is 4.30. The van der Waals surface area contributed by atoms with Crippen LogP contribution in [0.4, 0.5) is 0 Å². The van der Waals surface area contributed by atoms with Crippen LogP contribution in [0.5, 0.6) is 0 Å². The summed E-state index contributed by atoms with van der Waals surface area (Å²) >= 11 is 0. The molecule has 2 heterocycles. The Morgan fingerprint density at radius 1 is 1.18 bits per heavy atom. The number of aryl methyl sites for hydroxylation is 2. The normalized spacial score (nSPS) is 17.8. The van der Waals surface area contributed by atoms with Crippen molar-refractivity contribution in [3.63, 3.8) is 0 Å². The van der Waals surface area contributed by atoms with Crippen molar-refractivity contribution in [2.45, 2.75) is 32.6 Å². The minimum atomic E-state index is 0.593. The lowest BCUT2D eigenvalue weighted by atomic mass is 9.91. The quantitative estimate of drug-likeness (QED) is 0.809. The van der Waals surface area contributed by atoms with E-state index in [1.165, 1.54) is 40.5 Å². The topological polar surface area (TPSA) is 25.2 Å². The van der Waals surface area contributed by atoms with Gasteiger partial charge in [-0.1, -0.05) is 11.6 Å². The van der Waals surface area contributed by atoms with Gasteiger partial charge in [-0.15, -0.1) is 0 Å². The van der Waals surface area contributed by atoms with Gasteiger partial charge in [0.15, 0.2) is 0 Å². The maximum atomic E-state index is 5.86. The number of piperidine rings is 1. The molecule has 1 aromatic heterocycles. The number of benzene rings is 1. The molecule has 2 aromatic rings. The Hall–Kier alpha value is -1.28. The van der Waals surface area contributed by atoms with E-state index < -0.39 is 0 Å². The Morgan fingerprint density at radius 3 is 2.71 bits per heavy atom. The third-order valence-electron chi connectivity index (χ3n) is 3.78. The summed E-state index contributed by atoms with van der Waals surface area (Å²) in [5.41, 5.74) is 2.66. The first-order valence-electron chi connectivity index (χ1n) is 6.45. The van der Waals surface area contributed by atoms with E-state index in [2.05, 4.69) is 31.3 Å². The molecule has 17 heavy (non-hydrogen) atoms. The number of nitrogens with one attached hydrogen (secondary N) is 1. The van der Waals surface area contributed by atoms with Crippen LogP contribution in [-0.2, 0) is 0 Å². The van der Waals surface area contributed by atoms with Crippen LogP contribution in [0.2, 0.25) is 0 Å². The van der Waals surface area contributed by atoms with E-state index in [1.807, 2.05) is 6.26 Å². The Balaban J connectivity index is 2.10. The number of furan rings is 1. The molecule has 0 saturated carbocycles. The molecule has 1 fully saturated rings. The molecule has 0 aliphatic carbocycles. The molecule has 3 rings (SSSR count). The fourth-order valence-corrected chi connectivity index (χ4v) is 3.00. The average molecular weight is 229 g/mol. The largest absolute Gasteiger partial charge is 0.468 e. The van der Waals surface area contributed by atoms with Gasteiger partial charge in [-0.25, -0.2) is 0 Å².